The number of ether oxygens (including phenoxy) is 1. The van der Waals surface area contributed by atoms with E-state index in [1.54, 1.807) is 28.1 Å². The number of rotatable bonds is 9. The molecule has 0 aliphatic carbocycles. The summed E-state index contributed by atoms with van der Waals surface area (Å²) in [4.78, 5) is 49.4. The number of hydrogen-bond acceptors (Lipinski definition) is 8. The zero-order valence-corrected chi connectivity index (χ0v) is 28.1. The first-order valence-corrected chi connectivity index (χ1v) is 16.7. The Hall–Kier alpha value is -5.25. The lowest BCUT2D eigenvalue weighted by molar-refractivity contribution is -0.128. The third-order valence-electron chi connectivity index (χ3n) is 8.37. The first-order valence-electron chi connectivity index (χ1n) is 15.9. The molecule has 4 aromatic rings. The number of para-hydroxylation sites is 1. The molecular formula is C36H37N7O4S. The van der Waals surface area contributed by atoms with E-state index < -0.39 is 11.6 Å². The number of benzene rings is 2. The molecule has 6 rings (SSSR count). The topological polar surface area (TPSA) is 140 Å². The predicted molar refractivity (Wildman–Crippen MR) is 187 cm³/mol. The van der Waals surface area contributed by atoms with Crippen LogP contribution < -0.4 is 25.6 Å². The van der Waals surface area contributed by atoms with Crippen molar-refractivity contribution in [1.82, 2.24) is 20.5 Å². The first kappa shape index (κ1) is 32.7. The lowest BCUT2D eigenvalue weighted by Crippen LogP contribution is -2.50. The summed E-state index contributed by atoms with van der Waals surface area (Å²) >= 11 is 1.21. The quantitative estimate of drug-likeness (QED) is 0.135. The van der Waals surface area contributed by atoms with Crippen LogP contribution in [0.5, 0.6) is 11.5 Å². The monoisotopic (exact) mass is 663 g/mol. The number of pyridine rings is 1. The molecule has 1 unspecified atom stereocenters. The van der Waals surface area contributed by atoms with Gasteiger partial charge >= 0.3 is 6.03 Å². The molecule has 48 heavy (non-hydrogen) atoms. The number of carbonyl (C=O) groups excluding carboxylic acids is 3. The van der Waals surface area contributed by atoms with Crippen LogP contribution in [-0.2, 0) is 4.79 Å². The lowest BCUT2D eigenvalue weighted by Gasteiger charge is -2.33. The van der Waals surface area contributed by atoms with E-state index in [0.717, 1.165) is 5.56 Å². The number of aromatic nitrogens is 1. The summed E-state index contributed by atoms with van der Waals surface area (Å²) in [6, 6.07) is 18.1. The Morgan fingerprint density at radius 3 is 2.69 bits per heavy atom. The fourth-order valence-corrected chi connectivity index (χ4v) is 7.28. The van der Waals surface area contributed by atoms with Crippen molar-refractivity contribution in [3.05, 3.63) is 82.9 Å². The van der Waals surface area contributed by atoms with E-state index in [1.165, 1.54) is 11.3 Å². The molecule has 1 fully saturated rings. The molecule has 12 heteroatoms. The second-order valence-corrected chi connectivity index (χ2v) is 13.4. The molecule has 2 aromatic heterocycles. The number of anilines is 3. The van der Waals surface area contributed by atoms with Crippen LogP contribution >= 0.6 is 11.3 Å². The minimum absolute atomic E-state index is 0.0707. The lowest BCUT2D eigenvalue weighted by atomic mass is 9.99. The van der Waals surface area contributed by atoms with Gasteiger partial charge in [-0.2, -0.15) is 5.26 Å². The molecule has 3 N–H and O–H groups in total. The number of piperidine rings is 1. The average molecular weight is 664 g/mol. The highest BCUT2D eigenvalue weighted by molar-refractivity contribution is 7.21. The van der Waals surface area contributed by atoms with Gasteiger partial charge in [-0.05, 0) is 88.2 Å². The molecule has 4 heterocycles. The van der Waals surface area contributed by atoms with Crippen molar-refractivity contribution in [2.24, 2.45) is 0 Å². The summed E-state index contributed by atoms with van der Waals surface area (Å²) in [6.07, 6.45) is 4.65. The van der Waals surface area contributed by atoms with Gasteiger partial charge in [0.05, 0.1) is 22.4 Å². The van der Waals surface area contributed by atoms with Crippen molar-refractivity contribution in [3.8, 4) is 17.6 Å². The Balaban J connectivity index is 1.22. The van der Waals surface area contributed by atoms with E-state index >= 15 is 0 Å². The van der Waals surface area contributed by atoms with Crippen LogP contribution in [0.2, 0.25) is 0 Å². The van der Waals surface area contributed by atoms with E-state index in [1.807, 2.05) is 76.2 Å². The fraction of sp³-hybridized carbons (Fsp3) is 0.306. The third-order valence-corrected chi connectivity index (χ3v) is 9.47. The minimum atomic E-state index is -0.521. The number of amides is 4. The SMILES string of the molecule is CCNC(C)(C)C=C(C#N)C(=O)N1CCCC(NC(=O)c2sc3nccc4c3c2NC(=O)N4c2ccc(Oc3ccccc3)cc2C)C1. The molecule has 1 atom stereocenters. The maximum absolute atomic E-state index is 13.7. The van der Waals surface area contributed by atoms with Crippen LogP contribution in [0, 0.1) is 18.3 Å². The minimum Gasteiger partial charge on any atom is -0.457 e. The van der Waals surface area contributed by atoms with E-state index in [0.29, 0.717) is 69.6 Å². The summed E-state index contributed by atoms with van der Waals surface area (Å²) in [7, 11) is 0. The summed E-state index contributed by atoms with van der Waals surface area (Å²) < 4.78 is 5.99. The van der Waals surface area contributed by atoms with Gasteiger partial charge in [0.1, 0.15) is 32.8 Å². The van der Waals surface area contributed by atoms with E-state index in [4.69, 9.17) is 4.74 Å². The number of aryl methyl sites for hydroxylation is 1. The van der Waals surface area contributed by atoms with Crippen molar-refractivity contribution in [2.45, 2.75) is 52.1 Å². The van der Waals surface area contributed by atoms with Gasteiger partial charge in [0.25, 0.3) is 11.8 Å². The number of likely N-dealkylation sites (tertiary alicyclic amines) is 1. The highest BCUT2D eigenvalue weighted by atomic mass is 32.1. The smallest absolute Gasteiger partial charge is 0.331 e. The molecular weight excluding hydrogens is 627 g/mol. The summed E-state index contributed by atoms with van der Waals surface area (Å²) in [5.74, 6) is 0.658. The second kappa shape index (κ2) is 13.5. The van der Waals surface area contributed by atoms with Crippen molar-refractivity contribution in [3.63, 3.8) is 0 Å². The Labute approximate surface area is 283 Å². The van der Waals surface area contributed by atoms with Gasteiger partial charge in [-0.15, -0.1) is 11.3 Å². The number of carbonyl (C=O) groups is 3. The number of nitrogens with one attached hydrogen (secondary N) is 3. The van der Waals surface area contributed by atoms with Crippen LogP contribution in [-0.4, -0.2) is 58.9 Å². The van der Waals surface area contributed by atoms with Crippen LogP contribution in [0.15, 0.2) is 72.4 Å². The van der Waals surface area contributed by atoms with Gasteiger partial charge in [0.15, 0.2) is 0 Å². The van der Waals surface area contributed by atoms with Gasteiger partial charge in [-0.1, -0.05) is 25.1 Å². The second-order valence-electron chi connectivity index (χ2n) is 12.4. The Morgan fingerprint density at radius 1 is 1.17 bits per heavy atom. The van der Waals surface area contributed by atoms with Gasteiger partial charge < -0.3 is 25.6 Å². The molecule has 0 saturated carbocycles. The van der Waals surface area contributed by atoms with E-state index in [9.17, 15) is 19.6 Å². The van der Waals surface area contributed by atoms with Gasteiger partial charge in [-0.3, -0.25) is 14.5 Å². The third kappa shape index (κ3) is 6.60. The largest absolute Gasteiger partial charge is 0.457 e. The van der Waals surface area contributed by atoms with Gasteiger partial charge in [-0.25, -0.2) is 9.78 Å². The van der Waals surface area contributed by atoms with Crippen molar-refractivity contribution in [2.75, 3.05) is 29.9 Å². The Morgan fingerprint density at radius 2 is 1.96 bits per heavy atom. The van der Waals surface area contributed by atoms with E-state index in [-0.39, 0.29) is 30.0 Å². The highest BCUT2D eigenvalue weighted by Gasteiger charge is 2.35. The number of urea groups is 1. The van der Waals surface area contributed by atoms with E-state index in [2.05, 4.69) is 27.0 Å². The Bertz CT molecular complexity index is 1960. The molecule has 4 amide bonds. The van der Waals surface area contributed by atoms with Gasteiger partial charge in [0.2, 0.25) is 0 Å². The molecule has 2 aliphatic rings. The summed E-state index contributed by atoms with van der Waals surface area (Å²) in [6.45, 7) is 9.17. The zero-order valence-electron chi connectivity index (χ0n) is 27.3. The normalized spacial score (nSPS) is 16.4. The number of thiophene rings is 1. The summed E-state index contributed by atoms with van der Waals surface area (Å²) in [5.41, 5.74) is 2.10. The highest BCUT2D eigenvalue weighted by Crippen LogP contribution is 2.46. The van der Waals surface area contributed by atoms with Crippen LogP contribution in [0.1, 0.15) is 48.8 Å². The Kier molecular flexibility index (Phi) is 9.17. The molecule has 246 valence electrons. The molecule has 2 aromatic carbocycles. The molecule has 0 radical (unpaired) electrons. The number of nitriles is 1. The maximum Gasteiger partial charge on any atom is 0.331 e. The van der Waals surface area contributed by atoms with Crippen LogP contribution in [0.4, 0.5) is 21.9 Å². The number of likely N-dealkylation sites (N-methyl/N-ethyl adjacent to an activating group) is 1. The fourth-order valence-electron chi connectivity index (χ4n) is 6.26. The number of hydrogen-bond donors (Lipinski definition) is 3. The average Bonchev–Trinajstić information content (AvgIpc) is 3.44. The molecule has 2 aliphatic heterocycles. The van der Waals surface area contributed by atoms with Crippen molar-refractivity contribution >= 4 is 56.5 Å². The predicted octanol–water partition coefficient (Wildman–Crippen LogP) is 6.64. The summed E-state index contributed by atoms with van der Waals surface area (Å²) in [5, 5.41) is 19.7. The van der Waals surface area contributed by atoms with Crippen LogP contribution in [0.25, 0.3) is 10.2 Å². The van der Waals surface area contributed by atoms with Crippen molar-refractivity contribution in [1.29, 1.82) is 5.26 Å². The van der Waals surface area contributed by atoms with Crippen molar-refractivity contribution < 1.29 is 19.1 Å². The number of nitrogens with zero attached hydrogens (tertiary/aromatic N) is 4. The van der Waals surface area contributed by atoms with Gasteiger partial charge in [0, 0.05) is 30.9 Å². The molecule has 0 spiro atoms. The molecule has 11 nitrogen and oxygen atoms in total. The van der Waals surface area contributed by atoms with Crippen LogP contribution in [0.3, 0.4) is 0 Å². The zero-order chi connectivity index (χ0) is 34.0. The molecule has 0 bridgehead atoms. The molecule has 1 saturated heterocycles. The first-order chi connectivity index (χ1) is 23.1. The standard InChI is InChI=1S/C36H37N7O4S/c1-5-39-36(3,4)19-23(20-37)34(45)42-17-9-10-24(21-42)40-32(44)31-30-29-28(15-16-38-33(29)48-31)43(35(46)41-30)27-14-13-26(18-22(27)2)47-25-11-7-6-8-12-25/h6-8,11-16,18-19,24,39H,5,9-10,17,21H2,1-4H3,(H,40,44)(H,41,46). The maximum atomic E-state index is 13.7.